The molecule has 1 amide bonds. The van der Waals surface area contributed by atoms with Crippen LogP contribution in [-0.2, 0) is 4.79 Å². The third-order valence-corrected chi connectivity index (χ3v) is 4.21. The maximum absolute atomic E-state index is 11.6. The van der Waals surface area contributed by atoms with E-state index < -0.39 is 10.9 Å². The molecular formula is C14H20N2O4. The van der Waals surface area contributed by atoms with E-state index in [0.29, 0.717) is 18.2 Å². The van der Waals surface area contributed by atoms with Crippen LogP contribution in [0, 0.1) is 11.8 Å². The molecule has 6 heteroatoms. The second kappa shape index (κ2) is 5.64. The smallest absolute Gasteiger partial charge is 0.272 e. The monoisotopic (exact) mass is 280 g/mol. The van der Waals surface area contributed by atoms with Crippen LogP contribution < -0.4 is 26.2 Å². The highest BCUT2D eigenvalue weighted by molar-refractivity contribution is 5.76. The largest absolute Gasteiger partial charge is 0.491 e. The summed E-state index contributed by atoms with van der Waals surface area (Å²) in [6.07, 6.45) is 3.43. The lowest BCUT2D eigenvalue weighted by atomic mass is 9.81. The summed E-state index contributed by atoms with van der Waals surface area (Å²) in [4.78, 5) is 35.8. The number of carbonyl (C=O) groups excluding carboxylic acids is 1. The summed E-state index contributed by atoms with van der Waals surface area (Å²) >= 11 is 0. The van der Waals surface area contributed by atoms with E-state index in [1.165, 1.54) is 7.11 Å². The van der Waals surface area contributed by atoms with Crippen LogP contribution in [0.25, 0.3) is 0 Å². The van der Waals surface area contributed by atoms with Gasteiger partial charge in [-0.15, -0.1) is 0 Å². The molecule has 0 aliphatic heterocycles. The van der Waals surface area contributed by atoms with Crippen molar-refractivity contribution < 1.29 is 9.53 Å². The number of nitrogens with zero attached hydrogens (tertiary/aromatic N) is 1. The van der Waals surface area contributed by atoms with Crippen molar-refractivity contribution in [1.29, 1.82) is 0 Å². The van der Waals surface area contributed by atoms with Crippen molar-refractivity contribution in [2.45, 2.75) is 25.7 Å². The number of hydrogen-bond acceptors (Lipinski definition) is 5. The number of carbonyl (C=O) groups is 1. The lowest BCUT2D eigenvalue weighted by Gasteiger charge is -2.31. The van der Waals surface area contributed by atoms with E-state index in [2.05, 4.69) is 0 Å². The van der Waals surface area contributed by atoms with Crippen molar-refractivity contribution in [3.63, 3.8) is 0 Å². The Kier molecular flexibility index (Phi) is 4.11. The molecule has 1 aromatic rings. The molecule has 0 saturated heterocycles. The zero-order chi connectivity index (χ0) is 14.9. The molecule has 1 aliphatic rings. The van der Waals surface area contributed by atoms with Crippen molar-refractivity contribution >= 4 is 11.6 Å². The number of anilines is 1. The Bertz CT molecular complexity index is 566. The second-order valence-electron chi connectivity index (χ2n) is 5.54. The van der Waals surface area contributed by atoms with Crippen LogP contribution in [0.5, 0.6) is 5.75 Å². The number of rotatable bonds is 5. The summed E-state index contributed by atoms with van der Waals surface area (Å²) in [7, 11) is 3.18. The lowest BCUT2D eigenvalue weighted by Crippen LogP contribution is -2.42. The summed E-state index contributed by atoms with van der Waals surface area (Å²) in [6, 6.07) is 0. The molecule has 0 aromatic heterocycles. The van der Waals surface area contributed by atoms with Crippen LogP contribution in [-0.4, -0.2) is 26.6 Å². The van der Waals surface area contributed by atoms with Crippen molar-refractivity contribution in [3.8, 4) is 5.75 Å². The van der Waals surface area contributed by atoms with E-state index >= 15 is 0 Å². The van der Waals surface area contributed by atoms with Crippen LogP contribution in [0.3, 0.4) is 0 Å². The molecule has 6 nitrogen and oxygen atoms in total. The average Bonchev–Trinajstić information content (AvgIpc) is 2.43. The maximum Gasteiger partial charge on any atom is 0.272 e. The molecule has 0 unspecified atom stereocenters. The molecule has 1 fully saturated rings. The highest BCUT2D eigenvalue weighted by atomic mass is 16.5. The van der Waals surface area contributed by atoms with E-state index in [0.717, 1.165) is 25.7 Å². The number of hydrogen-bond donors (Lipinski definition) is 1. The number of nitrogens with two attached hydrogens (primary N) is 1. The van der Waals surface area contributed by atoms with E-state index in [9.17, 15) is 14.4 Å². The zero-order valence-corrected chi connectivity index (χ0v) is 11.8. The van der Waals surface area contributed by atoms with Gasteiger partial charge < -0.3 is 15.4 Å². The van der Waals surface area contributed by atoms with Gasteiger partial charge in [-0.25, -0.2) is 0 Å². The highest BCUT2D eigenvalue weighted by Crippen LogP contribution is 2.30. The minimum atomic E-state index is -0.549. The van der Waals surface area contributed by atoms with Crippen LogP contribution >= 0.6 is 0 Å². The van der Waals surface area contributed by atoms with Gasteiger partial charge in [0.1, 0.15) is 5.69 Å². The third-order valence-electron chi connectivity index (χ3n) is 4.21. The summed E-state index contributed by atoms with van der Waals surface area (Å²) < 4.78 is 4.95. The Morgan fingerprint density at radius 1 is 1.25 bits per heavy atom. The zero-order valence-electron chi connectivity index (χ0n) is 11.8. The van der Waals surface area contributed by atoms with Crippen molar-refractivity contribution in [3.05, 3.63) is 20.4 Å². The molecule has 0 radical (unpaired) electrons. The summed E-state index contributed by atoms with van der Waals surface area (Å²) in [5.41, 5.74) is 4.65. The molecule has 1 saturated carbocycles. The van der Waals surface area contributed by atoms with Crippen LogP contribution in [0.15, 0.2) is 9.59 Å². The van der Waals surface area contributed by atoms with Crippen LogP contribution in [0.1, 0.15) is 25.7 Å². The van der Waals surface area contributed by atoms with E-state index in [1.807, 2.05) is 0 Å². The van der Waals surface area contributed by atoms with Crippen LogP contribution in [0.2, 0.25) is 0 Å². The molecule has 110 valence electrons. The molecule has 2 N–H and O–H groups in total. The van der Waals surface area contributed by atoms with Gasteiger partial charge in [0.05, 0.1) is 7.11 Å². The van der Waals surface area contributed by atoms with Gasteiger partial charge in [-0.1, -0.05) is 0 Å². The maximum atomic E-state index is 11.6. The van der Waals surface area contributed by atoms with Crippen LogP contribution in [0.4, 0.5) is 5.69 Å². The normalized spacial score (nSPS) is 22.7. The van der Waals surface area contributed by atoms with Gasteiger partial charge in [0, 0.05) is 19.5 Å². The molecule has 1 aromatic carbocycles. The molecular weight excluding hydrogens is 260 g/mol. The molecule has 0 heterocycles. The number of methoxy groups -OCH3 is 1. The minimum Gasteiger partial charge on any atom is -0.491 e. The minimum absolute atomic E-state index is 0.0165. The first-order valence-electron chi connectivity index (χ1n) is 6.83. The molecule has 0 bridgehead atoms. The van der Waals surface area contributed by atoms with E-state index in [-0.39, 0.29) is 17.6 Å². The number of ether oxygens (including phenoxy) is 1. The predicted molar refractivity (Wildman–Crippen MR) is 75.8 cm³/mol. The number of primary amides is 1. The summed E-state index contributed by atoms with van der Waals surface area (Å²) in [6.45, 7) is 0.687. The first-order valence-corrected chi connectivity index (χ1v) is 6.83. The van der Waals surface area contributed by atoms with Gasteiger partial charge in [0.15, 0.2) is 5.75 Å². The molecule has 20 heavy (non-hydrogen) atoms. The standard InChI is InChI=1S/C14H20N2O4/c1-16(10-11(17)12(18)13(10)20-2)7-8-3-5-9(6-4-8)14(15)19/h8-9H,3-7H2,1-2H3,(H2,15,19). The number of amides is 1. The fourth-order valence-electron chi connectivity index (χ4n) is 3.00. The predicted octanol–water partition coefficient (Wildman–Crippen LogP) is 0.0191. The average molecular weight is 280 g/mol. The highest BCUT2D eigenvalue weighted by Gasteiger charge is 2.29. The Morgan fingerprint density at radius 2 is 1.85 bits per heavy atom. The molecule has 1 aliphatic carbocycles. The van der Waals surface area contributed by atoms with Gasteiger partial charge in [0.25, 0.3) is 10.9 Å². The Balaban J connectivity index is 1.95. The van der Waals surface area contributed by atoms with Crippen molar-refractivity contribution in [2.75, 3.05) is 25.6 Å². The lowest BCUT2D eigenvalue weighted by molar-refractivity contribution is -0.122. The Hall–Kier alpha value is -1.85. The fourth-order valence-corrected chi connectivity index (χ4v) is 3.00. The van der Waals surface area contributed by atoms with E-state index in [4.69, 9.17) is 10.5 Å². The first-order chi connectivity index (χ1) is 9.45. The van der Waals surface area contributed by atoms with Gasteiger partial charge >= 0.3 is 0 Å². The Morgan fingerprint density at radius 3 is 2.35 bits per heavy atom. The van der Waals surface area contributed by atoms with Gasteiger partial charge in [0.2, 0.25) is 5.91 Å². The fraction of sp³-hybridized carbons (Fsp3) is 0.643. The Labute approximate surface area is 117 Å². The summed E-state index contributed by atoms with van der Waals surface area (Å²) in [5, 5.41) is 0. The van der Waals surface area contributed by atoms with Gasteiger partial charge in [-0.05, 0) is 31.6 Å². The van der Waals surface area contributed by atoms with Gasteiger partial charge in [-0.3, -0.25) is 14.4 Å². The first kappa shape index (κ1) is 14.6. The molecule has 0 spiro atoms. The van der Waals surface area contributed by atoms with Gasteiger partial charge in [-0.2, -0.15) is 0 Å². The van der Waals surface area contributed by atoms with Crippen molar-refractivity contribution in [1.82, 2.24) is 0 Å². The topological polar surface area (TPSA) is 89.7 Å². The van der Waals surface area contributed by atoms with Crippen molar-refractivity contribution in [2.24, 2.45) is 17.6 Å². The van der Waals surface area contributed by atoms with E-state index in [1.54, 1.807) is 11.9 Å². The molecule has 2 rings (SSSR count). The molecule has 0 atom stereocenters. The SMILES string of the molecule is COc1c(N(C)CC2CCC(C(N)=O)CC2)c(=O)c1=O. The quantitative estimate of drug-likeness (QED) is 0.768. The second-order valence-corrected chi connectivity index (χ2v) is 5.54. The third kappa shape index (κ3) is 2.55. The summed E-state index contributed by atoms with van der Waals surface area (Å²) in [5.74, 6) is 0.325.